The number of benzene rings is 2. The molecule has 2 aromatic rings. The predicted octanol–water partition coefficient (Wildman–Crippen LogP) is 2.26. The van der Waals surface area contributed by atoms with Gasteiger partial charge in [0.05, 0.1) is 11.5 Å². The Labute approximate surface area is 144 Å². The minimum atomic E-state index is -0.945. The van der Waals surface area contributed by atoms with Crippen molar-refractivity contribution in [2.45, 2.75) is 12.7 Å². The first-order chi connectivity index (χ1) is 12.0. The molecule has 0 radical (unpaired) electrons. The van der Waals surface area contributed by atoms with Crippen molar-refractivity contribution in [2.24, 2.45) is 0 Å². The zero-order chi connectivity index (χ0) is 18.1. The Morgan fingerprint density at radius 1 is 1.16 bits per heavy atom. The van der Waals surface area contributed by atoms with Crippen LogP contribution in [-0.4, -0.2) is 35.4 Å². The second-order valence-corrected chi connectivity index (χ2v) is 5.16. The van der Waals surface area contributed by atoms with Crippen LogP contribution in [0, 0.1) is 10.1 Å². The van der Waals surface area contributed by atoms with Crippen LogP contribution < -0.4 is 10.1 Å². The maximum absolute atomic E-state index is 11.5. The number of amides is 1. The molecule has 0 aromatic heterocycles. The number of ether oxygens (including phenoxy) is 2. The summed E-state index contributed by atoms with van der Waals surface area (Å²) < 4.78 is 10.3. The van der Waals surface area contributed by atoms with Crippen LogP contribution in [0.4, 0.5) is 10.5 Å². The SMILES string of the molecule is O=C(NCC(O)COc1ccc([N+](=O)[O-])cc1)OCc1ccccc1. The molecule has 2 rings (SSSR count). The van der Waals surface area contributed by atoms with Crippen molar-refractivity contribution in [3.8, 4) is 5.75 Å². The van der Waals surface area contributed by atoms with E-state index in [1.807, 2.05) is 30.3 Å². The van der Waals surface area contributed by atoms with Crippen molar-refractivity contribution in [3.63, 3.8) is 0 Å². The molecule has 0 aliphatic carbocycles. The Bertz CT molecular complexity index is 690. The van der Waals surface area contributed by atoms with Gasteiger partial charge in [-0.2, -0.15) is 0 Å². The second-order valence-electron chi connectivity index (χ2n) is 5.16. The summed E-state index contributed by atoms with van der Waals surface area (Å²) in [6, 6.07) is 14.7. The first-order valence-corrected chi connectivity index (χ1v) is 7.54. The summed E-state index contributed by atoms with van der Waals surface area (Å²) in [4.78, 5) is 21.6. The number of nitrogens with one attached hydrogen (secondary N) is 1. The van der Waals surface area contributed by atoms with Crippen LogP contribution in [0.25, 0.3) is 0 Å². The second kappa shape index (κ2) is 9.24. The summed E-state index contributed by atoms with van der Waals surface area (Å²) in [7, 11) is 0. The van der Waals surface area contributed by atoms with Gasteiger partial charge in [0.15, 0.2) is 0 Å². The lowest BCUT2D eigenvalue weighted by Crippen LogP contribution is -2.35. The Hall–Kier alpha value is -3.13. The molecular weight excluding hydrogens is 328 g/mol. The van der Waals surface area contributed by atoms with E-state index >= 15 is 0 Å². The number of alkyl carbamates (subject to hydrolysis) is 1. The van der Waals surface area contributed by atoms with E-state index in [0.29, 0.717) is 5.75 Å². The highest BCUT2D eigenvalue weighted by atomic mass is 16.6. The Morgan fingerprint density at radius 3 is 2.48 bits per heavy atom. The lowest BCUT2D eigenvalue weighted by Gasteiger charge is -2.13. The maximum Gasteiger partial charge on any atom is 0.407 e. The molecule has 0 fully saturated rings. The number of carbonyl (C=O) groups is 1. The Kier molecular flexibility index (Phi) is 6.73. The summed E-state index contributed by atoms with van der Waals surface area (Å²) in [5.74, 6) is 0.385. The summed E-state index contributed by atoms with van der Waals surface area (Å²) in [5.41, 5.74) is 0.815. The number of aliphatic hydroxyl groups is 1. The van der Waals surface area contributed by atoms with E-state index < -0.39 is 17.1 Å². The van der Waals surface area contributed by atoms with E-state index in [9.17, 15) is 20.0 Å². The number of carbonyl (C=O) groups excluding carboxylic acids is 1. The molecule has 0 aliphatic rings. The van der Waals surface area contributed by atoms with E-state index in [1.165, 1.54) is 24.3 Å². The highest BCUT2D eigenvalue weighted by molar-refractivity contribution is 5.67. The average Bonchev–Trinajstić information content (AvgIpc) is 2.64. The number of nitro benzene ring substituents is 1. The van der Waals surface area contributed by atoms with Gasteiger partial charge in [-0.1, -0.05) is 30.3 Å². The zero-order valence-corrected chi connectivity index (χ0v) is 13.3. The molecule has 1 amide bonds. The predicted molar refractivity (Wildman–Crippen MR) is 89.2 cm³/mol. The number of nitrogens with zero attached hydrogens (tertiary/aromatic N) is 1. The van der Waals surface area contributed by atoms with Crippen molar-refractivity contribution >= 4 is 11.8 Å². The van der Waals surface area contributed by atoms with Gasteiger partial charge in [-0.15, -0.1) is 0 Å². The number of non-ortho nitro benzene ring substituents is 1. The Balaban J connectivity index is 1.65. The van der Waals surface area contributed by atoms with Gasteiger partial charge in [-0.3, -0.25) is 10.1 Å². The quantitative estimate of drug-likeness (QED) is 0.560. The largest absolute Gasteiger partial charge is 0.491 e. The van der Waals surface area contributed by atoms with Gasteiger partial charge in [-0.05, 0) is 17.7 Å². The maximum atomic E-state index is 11.5. The third-order valence-corrected chi connectivity index (χ3v) is 3.18. The smallest absolute Gasteiger partial charge is 0.407 e. The summed E-state index contributed by atoms with van der Waals surface area (Å²) in [5, 5.41) is 22.8. The van der Waals surface area contributed by atoms with Gasteiger partial charge in [0.2, 0.25) is 0 Å². The van der Waals surface area contributed by atoms with E-state index in [4.69, 9.17) is 9.47 Å². The van der Waals surface area contributed by atoms with Crippen molar-refractivity contribution in [1.82, 2.24) is 5.32 Å². The molecule has 0 aliphatic heterocycles. The molecule has 0 bridgehead atoms. The highest BCUT2D eigenvalue weighted by Crippen LogP contribution is 2.17. The normalized spacial score (nSPS) is 11.4. The van der Waals surface area contributed by atoms with Gasteiger partial charge in [0.25, 0.3) is 5.69 Å². The molecule has 132 valence electrons. The number of aliphatic hydroxyl groups excluding tert-OH is 1. The van der Waals surface area contributed by atoms with Gasteiger partial charge in [0.1, 0.15) is 25.1 Å². The van der Waals surface area contributed by atoms with Crippen molar-refractivity contribution in [3.05, 3.63) is 70.3 Å². The zero-order valence-electron chi connectivity index (χ0n) is 13.3. The van der Waals surface area contributed by atoms with E-state index in [2.05, 4.69) is 5.32 Å². The van der Waals surface area contributed by atoms with Crippen molar-refractivity contribution < 1.29 is 24.3 Å². The topological polar surface area (TPSA) is 111 Å². The molecule has 2 aromatic carbocycles. The molecule has 8 heteroatoms. The van der Waals surface area contributed by atoms with Crippen LogP contribution >= 0.6 is 0 Å². The first kappa shape index (κ1) is 18.2. The molecule has 0 heterocycles. The van der Waals surface area contributed by atoms with Crippen LogP contribution in [0.3, 0.4) is 0 Å². The number of nitro groups is 1. The fourth-order valence-corrected chi connectivity index (χ4v) is 1.89. The van der Waals surface area contributed by atoms with Gasteiger partial charge in [0, 0.05) is 12.1 Å². The fraction of sp³-hybridized carbons (Fsp3) is 0.235. The first-order valence-electron chi connectivity index (χ1n) is 7.54. The summed E-state index contributed by atoms with van der Waals surface area (Å²) in [6.45, 7) is 0.0272. The van der Waals surface area contributed by atoms with Crippen LogP contribution in [0.1, 0.15) is 5.56 Å². The molecule has 0 spiro atoms. The van der Waals surface area contributed by atoms with Crippen LogP contribution in [-0.2, 0) is 11.3 Å². The number of hydrogen-bond donors (Lipinski definition) is 2. The van der Waals surface area contributed by atoms with E-state index in [0.717, 1.165) is 5.56 Å². The molecule has 25 heavy (non-hydrogen) atoms. The lowest BCUT2D eigenvalue weighted by molar-refractivity contribution is -0.384. The Morgan fingerprint density at radius 2 is 1.84 bits per heavy atom. The molecule has 0 saturated carbocycles. The third-order valence-electron chi connectivity index (χ3n) is 3.18. The standard InChI is InChI=1S/C17H18N2O6/c20-15(12-24-16-8-6-14(7-9-16)19(22)23)10-18-17(21)25-11-13-4-2-1-3-5-13/h1-9,15,20H,10-12H2,(H,18,21). The summed E-state index contributed by atoms with van der Waals surface area (Å²) in [6.07, 6.45) is -1.59. The molecule has 2 N–H and O–H groups in total. The minimum Gasteiger partial charge on any atom is -0.491 e. The summed E-state index contributed by atoms with van der Waals surface area (Å²) >= 11 is 0. The molecule has 1 unspecified atom stereocenters. The van der Waals surface area contributed by atoms with Crippen LogP contribution in [0.5, 0.6) is 5.75 Å². The van der Waals surface area contributed by atoms with Gasteiger partial charge < -0.3 is 19.9 Å². The molecule has 1 atom stereocenters. The lowest BCUT2D eigenvalue weighted by atomic mass is 10.2. The molecule has 8 nitrogen and oxygen atoms in total. The van der Waals surface area contributed by atoms with Crippen LogP contribution in [0.15, 0.2) is 54.6 Å². The number of hydrogen-bond acceptors (Lipinski definition) is 6. The van der Waals surface area contributed by atoms with Crippen molar-refractivity contribution in [2.75, 3.05) is 13.2 Å². The van der Waals surface area contributed by atoms with Gasteiger partial charge >= 0.3 is 6.09 Å². The highest BCUT2D eigenvalue weighted by Gasteiger charge is 2.10. The van der Waals surface area contributed by atoms with E-state index in [1.54, 1.807) is 0 Å². The third kappa shape index (κ3) is 6.48. The monoisotopic (exact) mass is 346 g/mol. The van der Waals surface area contributed by atoms with Gasteiger partial charge in [-0.25, -0.2) is 4.79 Å². The minimum absolute atomic E-state index is 0.0411. The van der Waals surface area contributed by atoms with E-state index in [-0.39, 0.29) is 25.4 Å². The molecule has 0 saturated heterocycles. The fourth-order valence-electron chi connectivity index (χ4n) is 1.89. The molecular formula is C17H18N2O6. The average molecular weight is 346 g/mol. The van der Waals surface area contributed by atoms with Crippen molar-refractivity contribution in [1.29, 1.82) is 0 Å². The van der Waals surface area contributed by atoms with Crippen LogP contribution in [0.2, 0.25) is 0 Å². The number of rotatable bonds is 8.